The van der Waals surface area contributed by atoms with Crippen LogP contribution < -0.4 is 42.5 Å². The van der Waals surface area contributed by atoms with E-state index in [1.54, 1.807) is 91.6 Å². The van der Waals surface area contributed by atoms with Gasteiger partial charge in [-0.25, -0.2) is 9.59 Å². The van der Waals surface area contributed by atoms with E-state index in [1.165, 1.54) is 38.3 Å². The predicted octanol–water partition coefficient (Wildman–Crippen LogP) is 4.87. The summed E-state index contributed by atoms with van der Waals surface area (Å²) in [5.74, 6) is -6.45. The number of rotatable bonds is 42. The summed E-state index contributed by atoms with van der Waals surface area (Å²) in [6, 6.07) is 6.45. The number of hydrogen-bond acceptors (Lipinski definition) is 18. The lowest BCUT2D eigenvalue weighted by atomic mass is 9.89. The highest BCUT2D eigenvalue weighted by atomic mass is 31.2. The minimum atomic E-state index is -4.78. The minimum absolute atomic E-state index is 0.0198. The molecule has 14 atom stereocenters. The number of hydrogen-bond donors (Lipinski definition) is 8. The van der Waals surface area contributed by atoms with Gasteiger partial charge in [-0.15, -0.1) is 0 Å². The maximum absolute atomic E-state index is 14.8. The molecule has 0 spiro atoms. The summed E-state index contributed by atoms with van der Waals surface area (Å²) >= 11 is 0. The number of amides is 10. The first-order chi connectivity index (χ1) is 46.4. The SMILES string of the molecule is CC[C@H](C)[C@@H]([C@@H](CC(=O)N1CCC[C@H]1[C@H](OC)[C@@H](C)C(=O)N[C@H](C)[C@@H](O)c1ccccc1)OC)N(C)C(=O)[C@@H](NC(=O)[C@H](C(C)C)N(C)C(=O)OCc1ccc(NC(=O)[C@H](CCCNC(N)=O)NC(=O)[C@@H](NC(=O)[C@H](CCOP(=O)([O-])OCC[N+](C)(C)C)N=[N+]=[N-])C(C)C)cc1)C(C)C. The molecule has 99 heavy (non-hydrogen) atoms. The molecule has 1 heterocycles. The number of nitrogens with two attached hydrogens (primary N) is 1. The van der Waals surface area contributed by atoms with Crippen molar-refractivity contribution in [1.29, 1.82) is 0 Å². The van der Waals surface area contributed by atoms with Crippen molar-refractivity contribution in [1.82, 2.24) is 41.3 Å². The molecule has 0 bridgehead atoms. The zero-order valence-electron chi connectivity index (χ0n) is 60.8. The molecule has 2 aromatic rings. The number of urea groups is 1. The Balaban J connectivity index is 1.71. The summed E-state index contributed by atoms with van der Waals surface area (Å²) in [5.41, 5.74) is 15.9. The van der Waals surface area contributed by atoms with Gasteiger partial charge in [0, 0.05) is 52.0 Å². The number of likely N-dealkylation sites (N-methyl/N-ethyl adjacent to an activating group) is 3. The van der Waals surface area contributed by atoms with Gasteiger partial charge in [-0.05, 0) is 91.5 Å². The summed E-state index contributed by atoms with van der Waals surface area (Å²) in [6.07, 6.45) is -1.78. The fraction of sp³-hybridized carbons (Fsp3) is 0.687. The molecule has 0 aliphatic carbocycles. The number of carbonyl (C=O) groups excluding carboxylic acids is 9. The van der Waals surface area contributed by atoms with Crippen LogP contribution in [-0.4, -0.2) is 221 Å². The second-order valence-electron chi connectivity index (χ2n) is 27.4. The van der Waals surface area contributed by atoms with Gasteiger partial charge in [-0.2, -0.15) is 0 Å². The standard InChI is InChI=1S/C67H111N14O17P/c1-18-43(8)57(52(94-16)38-53(82)80-34-23-27-51(80)59(95-17)44(9)60(84)71-45(10)58(83)47-24-20-19-21-25-47)78(11)65(89)55(41(4)5)75-64(88)56(42(6)7)79(12)67(91)96-39-46-28-30-48(31-29-46)72-61(85)49(26-22-33-70-66(68)90)73-63(87)54(40(2)3)74-62(86)50(76-77-69)32-36-97-99(92,93)98-37-35-81(13,14)15/h19-21,24-25,28-31,40-45,49-52,54-59,83H,18,22-23,26-27,32-39H2,1-17H3,(H8-,68,70,71,72,73,74,75,84,85,86,87,88,90,92,93)/t43-,44+,45+,49-,50-,51-,52+,54-,55-,56-,57-,58+,59+/m0/s1. The molecular formula is C67H111N14O17P. The van der Waals surface area contributed by atoms with Gasteiger partial charge < -0.3 is 85.2 Å². The zero-order valence-corrected chi connectivity index (χ0v) is 61.7. The van der Waals surface area contributed by atoms with E-state index in [4.69, 9.17) is 29.0 Å². The number of carbonyl (C=O) groups is 9. The molecule has 1 aliphatic heterocycles. The molecule has 31 nitrogen and oxygen atoms in total. The number of aliphatic hydroxyl groups excluding tert-OH is 1. The highest BCUT2D eigenvalue weighted by Gasteiger charge is 2.44. The Morgan fingerprint density at radius 3 is 1.96 bits per heavy atom. The Kier molecular flexibility index (Phi) is 35.8. The van der Waals surface area contributed by atoms with Crippen molar-refractivity contribution in [3.63, 3.8) is 0 Å². The van der Waals surface area contributed by atoms with Crippen molar-refractivity contribution in [3.05, 3.63) is 76.2 Å². The Morgan fingerprint density at radius 2 is 1.40 bits per heavy atom. The monoisotopic (exact) mass is 1410 g/mol. The van der Waals surface area contributed by atoms with E-state index < -0.39 is 153 Å². The number of phosphoric ester groups is 1. The lowest BCUT2D eigenvalue weighted by Crippen LogP contribution is -2.60. The average molecular weight is 1420 g/mol. The summed E-state index contributed by atoms with van der Waals surface area (Å²) < 4.78 is 40.3. The number of quaternary nitrogens is 1. The van der Waals surface area contributed by atoms with Gasteiger partial charge >= 0.3 is 12.1 Å². The van der Waals surface area contributed by atoms with Gasteiger partial charge in [0.25, 0.3) is 7.82 Å². The number of nitrogens with one attached hydrogen (secondary N) is 6. The van der Waals surface area contributed by atoms with Crippen molar-refractivity contribution >= 4 is 67.0 Å². The number of nitrogens with zero attached hydrogens (tertiary/aromatic N) is 7. The van der Waals surface area contributed by atoms with E-state index in [0.29, 0.717) is 48.0 Å². The molecule has 1 aliphatic rings. The van der Waals surface area contributed by atoms with Gasteiger partial charge in [-0.3, -0.25) is 43.0 Å². The molecule has 0 radical (unpaired) electrons. The van der Waals surface area contributed by atoms with Crippen LogP contribution in [0.2, 0.25) is 0 Å². The summed E-state index contributed by atoms with van der Waals surface area (Å²) in [6.45, 7) is 17.5. The number of aliphatic hydroxyl groups is 1. The highest BCUT2D eigenvalue weighted by Crippen LogP contribution is 2.38. The topological polar surface area (TPSA) is 417 Å². The van der Waals surface area contributed by atoms with Gasteiger partial charge in [0.2, 0.25) is 41.4 Å². The quantitative estimate of drug-likeness (QED) is 0.0110. The molecule has 3 rings (SSSR count). The van der Waals surface area contributed by atoms with E-state index in [2.05, 4.69) is 41.9 Å². The molecular weight excluding hydrogens is 1300 g/mol. The first-order valence-corrected chi connectivity index (χ1v) is 35.2. The Labute approximate surface area is 583 Å². The maximum atomic E-state index is 14.8. The van der Waals surface area contributed by atoms with E-state index in [0.717, 1.165) is 4.90 Å². The van der Waals surface area contributed by atoms with Crippen LogP contribution in [0.3, 0.4) is 0 Å². The number of primary amides is 1. The Morgan fingerprint density at radius 1 is 0.788 bits per heavy atom. The van der Waals surface area contributed by atoms with Gasteiger partial charge in [0.05, 0.1) is 76.5 Å². The highest BCUT2D eigenvalue weighted by molar-refractivity contribution is 7.45. The van der Waals surface area contributed by atoms with Crippen molar-refractivity contribution in [2.75, 3.05) is 87.6 Å². The van der Waals surface area contributed by atoms with E-state index in [-0.39, 0.29) is 62.4 Å². The number of likely N-dealkylation sites (tertiary alicyclic amines) is 1. The van der Waals surface area contributed by atoms with Crippen molar-refractivity contribution < 1.29 is 85.5 Å². The number of phosphoric acid groups is 1. The summed E-state index contributed by atoms with van der Waals surface area (Å²) in [7, 11) is 6.76. The van der Waals surface area contributed by atoms with Crippen LogP contribution in [0.15, 0.2) is 59.7 Å². The molecule has 556 valence electrons. The van der Waals surface area contributed by atoms with Crippen LogP contribution in [-0.2, 0) is 68.0 Å². The van der Waals surface area contributed by atoms with E-state index >= 15 is 0 Å². The minimum Gasteiger partial charge on any atom is -0.756 e. The predicted molar refractivity (Wildman–Crippen MR) is 369 cm³/mol. The normalized spacial score (nSPS) is 17.5. The molecule has 9 N–H and O–H groups in total. The molecule has 32 heteroatoms. The molecule has 0 saturated carbocycles. The largest absolute Gasteiger partial charge is 0.756 e. The summed E-state index contributed by atoms with van der Waals surface area (Å²) in [4.78, 5) is 143. The molecule has 1 fully saturated rings. The number of azide groups is 1. The average Bonchev–Trinajstić information content (AvgIpc) is 1.79. The second-order valence-corrected chi connectivity index (χ2v) is 28.8. The fourth-order valence-electron chi connectivity index (χ4n) is 11.7. The third-order valence-corrected chi connectivity index (χ3v) is 18.7. The van der Waals surface area contributed by atoms with Crippen LogP contribution in [0.5, 0.6) is 0 Å². The fourth-order valence-corrected chi connectivity index (χ4v) is 12.4. The lowest BCUT2D eigenvalue weighted by molar-refractivity contribution is -0.870. The van der Waals surface area contributed by atoms with Crippen molar-refractivity contribution in [2.45, 2.75) is 187 Å². The second kappa shape index (κ2) is 41.3. The summed E-state index contributed by atoms with van der Waals surface area (Å²) in [5, 5.41) is 30.6. The number of ether oxygens (including phenoxy) is 3. The lowest BCUT2D eigenvalue weighted by Gasteiger charge is -2.41. The van der Waals surface area contributed by atoms with Gasteiger partial charge in [-0.1, -0.05) is 116 Å². The van der Waals surface area contributed by atoms with Crippen LogP contribution in [0.25, 0.3) is 10.4 Å². The third-order valence-electron chi connectivity index (χ3n) is 17.7. The first kappa shape index (κ1) is 85.8. The van der Waals surface area contributed by atoms with E-state index in [1.807, 2.05) is 53.2 Å². The maximum Gasteiger partial charge on any atom is 0.410 e. The Hall–Kier alpha value is -7.47. The van der Waals surface area contributed by atoms with Gasteiger partial charge in [0.1, 0.15) is 50.0 Å². The van der Waals surface area contributed by atoms with Crippen LogP contribution in [0, 0.1) is 29.6 Å². The van der Waals surface area contributed by atoms with Crippen LogP contribution in [0.4, 0.5) is 15.3 Å². The van der Waals surface area contributed by atoms with Crippen molar-refractivity contribution in [2.24, 2.45) is 40.4 Å². The smallest absolute Gasteiger partial charge is 0.410 e. The molecule has 0 aromatic heterocycles. The number of benzene rings is 2. The number of methoxy groups -OCH3 is 2. The first-order valence-electron chi connectivity index (χ1n) is 33.8. The molecule has 1 unspecified atom stereocenters. The molecule has 2 aromatic carbocycles. The van der Waals surface area contributed by atoms with Gasteiger partial charge in [0.15, 0.2) is 0 Å². The van der Waals surface area contributed by atoms with E-state index in [9.17, 15) is 63.2 Å². The zero-order chi connectivity index (χ0) is 74.6. The Bertz CT molecular complexity index is 3050. The van der Waals surface area contributed by atoms with Crippen LogP contribution in [0.1, 0.15) is 131 Å². The molecule has 1 saturated heterocycles. The van der Waals surface area contributed by atoms with Crippen LogP contribution >= 0.6 is 7.82 Å². The third kappa shape index (κ3) is 27.5. The number of anilines is 1. The van der Waals surface area contributed by atoms with Crippen molar-refractivity contribution in [3.8, 4) is 0 Å². The molecule has 10 amide bonds.